The number of nitrogens with one attached hydrogen (secondary N) is 1. The number of carbonyl (C=O) groups is 2. The average Bonchev–Trinajstić information content (AvgIpc) is 3.41. The summed E-state index contributed by atoms with van der Waals surface area (Å²) in [5.74, 6) is -6.53. The second-order valence-electron chi connectivity index (χ2n) is 9.91. The molecule has 0 unspecified atom stereocenters. The number of rotatable bonds is 2. The summed E-state index contributed by atoms with van der Waals surface area (Å²) in [6.07, 6.45) is -19.0. The molecule has 1 aliphatic carbocycles. The maximum absolute atomic E-state index is 14.4. The number of aromatic nitrogens is 1. The van der Waals surface area contributed by atoms with Gasteiger partial charge in [-0.25, -0.2) is 4.72 Å². The smallest absolute Gasteiger partial charge is 0.303 e. The summed E-state index contributed by atoms with van der Waals surface area (Å²) in [6.45, 7) is -4.03. The summed E-state index contributed by atoms with van der Waals surface area (Å²) in [5, 5.41) is -0.501. The standard InChI is InChI=1S/C32H38N4O6S/c1-34-13-15-42-16-14-35(2)43(39,40)33-31(37)22-9-11-27-28(19-22)36-20-24(32(34)38)17-23-18-25(41-3)10-12-26(23)30(36)29(27)21-7-5-4-6-8-21/h9-12,17-19,21H,4-8,13-16,20H2,1-3H3,(H,33,37)/i3D3,4D2,5D2,6D2,7D2,8D2,20D2,21D. The quantitative estimate of drug-likeness (QED) is 0.460. The molecule has 228 valence electrons. The fourth-order valence-electron chi connectivity index (χ4n) is 4.96. The second kappa shape index (κ2) is 11.8. The first kappa shape index (κ1) is 15.9. The summed E-state index contributed by atoms with van der Waals surface area (Å²) >= 11 is 0. The molecule has 3 aliphatic rings. The van der Waals surface area contributed by atoms with Crippen LogP contribution in [0.4, 0.5) is 0 Å². The van der Waals surface area contributed by atoms with Gasteiger partial charge in [0.1, 0.15) is 5.75 Å². The Kier molecular flexibility index (Phi) is 4.35. The number of nitrogens with zero attached hydrogens (tertiary/aromatic N) is 3. The zero-order valence-electron chi connectivity index (χ0n) is 39.1. The highest BCUT2D eigenvalue weighted by Gasteiger charge is 2.31. The third kappa shape index (κ3) is 5.57. The second-order valence-corrected chi connectivity index (χ2v) is 11.7. The molecule has 1 fully saturated rings. The number of hydrogen-bond donors (Lipinski definition) is 1. The molecule has 2 aromatic carbocycles. The van der Waals surface area contributed by atoms with Gasteiger partial charge in [-0.05, 0) is 66.2 Å². The molecule has 3 aromatic rings. The van der Waals surface area contributed by atoms with Crippen molar-refractivity contribution in [2.24, 2.45) is 0 Å². The monoisotopic (exact) mass is 622 g/mol. The zero-order valence-corrected chi connectivity index (χ0v) is 23.9. The van der Waals surface area contributed by atoms with Crippen molar-refractivity contribution in [2.45, 2.75) is 44.3 Å². The summed E-state index contributed by atoms with van der Waals surface area (Å²) in [6, 6.07) is 6.10. The SMILES string of the molecule is [2H]C([2H])([2H])Oc1ccc2c(c1)C=C1C(=O)N(C)CCOCCN(C)S(=O)(=O)NC(=O)c3ccc4c(C5([2H])C([2H])([2H])C([2H])([2H])C([2H])([2H])C([2H])([2H])C5([2H])[2H])c-2n(c4c3)C1([2H])[2H]. The lowest BCUT2D eigenvalue weighted by Crippen LogP contribution is -2.42. The number of fused-ring (bicyclic) bond motifs is 4. The Balaban J connectivity index is 1.85. The van der Waals surface area contributed by atoms with Crippen LogP contribution in [0, 0.1) is 0 Å². The van der Waals surface area contributed by atoms with Crippen molar-refractivity contribution in [2.75, 3.05) is 47.4 Å². The molecule has 11 heteroatoms. The van der Waals surface area contributed by atoms with Crippen molar-refractivity contribution in [1.82, 2.24) is 18.5 Å². The lowest BCUT2D eigenvalue weighted by atomic mass is 9.81. The van der Waals surface area contributed by atoms with Gasteiger partial charge in [-0.15, -0.1) is 0 Å². The van der Waals surface area contributed by atoms with E-state index in [0.29, 0.717) is 4.57 Å². The van der Waals surface area contributed by atoms with Crippen LogP contribution in [0.2, 0.25) is 0 Å². The Labute approximate surface area is 274 Å². The van der Waals surface area contributed by atoms with Crippen LogP contribution in [0.25, 0.3) is 28.2 Å². The third-order valence-corrected chi connectivity index (χ3v) is 8.69. The number of likely N-dealkylation sites (N-methyl/N-ethyl adjacent to an activating group) is 2. The molecule has 4 bridgehead atoms. The summed E-state index contributed by atoms with van der Waals surface area (Å²) < 4.78 is 181. The van der Waals surface area contributed by atoms with E-state index >= 15 is 0 Å². The molecule has 1 saturated carbocycles. The highest BCUT2D eigenvalue weighted by molar-refractivity contribution is 7.87. The van der Waals surface area contributed by atoms with Crippen molar-refractivity contribution >= 4 is 39.0 Å². The Morgan fingerprint density at radius 2 is 1.86 bits per heavy atom. The van der Waals surface area contributed by atoms with Crippen LogP contribution in [0.1, 0.15) is 81.2 Å². The maximum atomic E-state index is 14.4. The minimum absolute atomic E-state index is 0.187. The molecule has 0 spiro atoms. The van der Waals surface area contributed by atoms with E-state index in [1.54, 1.807) is 0 Å². The first-order chi connectivity index (χ1) is 26.7. The number of ether oxygens (including phenoxy) is 2. The highest BCUT2D eigenvalue weighted by atomic mass is 32.2. The van der Waals surface area contributed by atoms with Crippen LogP contribution in [0.5, 0.6) is 5.75 Å². The van der Waals surface area contributed by atoms with Gasteiger partial charge >= 0.3 is 10.2 Å². The zero-order chi connectivity index (χ0) is 44.5. The highest BCUT2D eigenvalue weighted by Crippen LogP contribution is 2.47. The minimum Gasteiger partial charge on any atom is -0.497 e. The van der Waals surface area contributed by atoms with Gasteiger partial charge in [0.2, 0.25) is 0 Å². The van der Waals surface area contributed by atoms with Crippen molar-refractivity contribution in [3.63, 3.8) is 0 Å². The number of carbonyl (C=O) groups excluding carboxylic acids is 2. The predicted octanol–water partition coefficient (Wildman–Crippen LogP) is 4.16. The lowest BCUT2D eigenvalue weighted by molar-refractivity contribution is -0.126. The predicted molar refractivity (Wildman–Crippen MR) is 165 cm³/mol. The van der Waals surface area contributed by atoms with Crippen LogP contribution in [-0.4, -0.2) is 81.4 Å². The summed E-state index contributed by atoms with van der Waals surface area (Å²) in [5.41, 5.74) is -3.84. The van der Waals surface area contributed by atoms with Crippen molar-refractivity contribution < 1.29 is 49.4 Å². The van der Waals surface area contributed by atoms with Gasteiger partial charge < -0.3 is 18.9 Å². The average molecular weight is 623 g/mol. The van der Waals surface area contributed by atoms with Gasteiger partial charge in [-0.3, -0.25) is 9.59 Å². The topological polar surface area (TPSA) is 110 Å². The van der Waals surface area contributed by atoms with E-state index in [9.17, 15) is 22.1 Å². The van der Waals surface area contributed by atoms with E-state index in [2.05, 4.69) is 0 Å². The molecule has 2 amide bonds. The number of amides is 2. The summed E-state index contributed by atoms with van der Waals surface area (Å²) in [4.78, 5) is 29.1. The van der Waals surface area contributed by atoms with Crippen molar-refractivity contribution in [3.05, 3.63) is 58.7 Å². The number of methoxy groups -OCH3 is 1. The molecule has 0 atom stereocenters. The molecule has 43 heavy (non-hydrogen) atoms. The Bertz CT molecular complexity index is 2380. The number of hydrogen-bond acceptors (Lipinski definition) is 6. The van der Waals surface area contributed by atoms with E-state index in [1.165, 1.54) is 7.05 Å². The largest absolute Gasteiger partial charge is 0.497 e. The van der Waals surface area contributed by atoms with E-state index in [4.69, 9.17) is 27.3 Å². The van der Waals surface area contributed by atoms with Crippen molar-refractivity contribution in [1.29, 1.82) is 0 Å². The van der Waals surface area contributed by atoms with E-state index < -0.39 is 107 Å². The van der Waals surface area contributed by atoms with Gasteiger partial charge in [-0.2, -0.15) is 12.7 Å². The van der Waals surface area contributed by atoms with Crippen molar-refractivity contribution in [3.8, 4) is 17.0 Å². The number of benzene rings is 2. The Hall–Kier alpha value is -3.67. The van der Waals surface area contributed by atoms with E-state index in [0.717, 1.165) is 58.7 Å². The van der Waals surface area contributed by atoms with Crippen LogP contribution in [0.15, 0.2) is 42.0 Å². The first-order valence-electron chi connectivity index (χ1n) is 21.1. The summed E-state index contributed by atoms with van der Waals surface area (Å²) in [7, 11) is -5.15. The molecule has 0 radical (unpaired) electrons. The van der Waals surface area contributed by atoms with Crippen LogP contribution in [0.3, 0.4) is 0 Å². The maximum Gasteiger partial charge on any atom is 0.303 e. The minimum atomic E-state index is -4.56. The molecule has 0 saturated heterocycles. The molecule has 1 N–H and O–H groups in total. The molecule has 6 rings (SSSR count). The van der Waals surface area contributed by atoms with Crippen LogP contribution < -0.4 is 9.46 Å². The van der Waals surface area contributed by atoms with E-state index in [-0.39, 0.29) is 43.2 Å². The van der Waals surface area contributed by atoms with E-state index in [1.807, 2.05) is 4.72 Å². The molecule has 10 nitrogen and oxygen atoms in total. The van der Waals surface area contributed by atoms with Gasteiger partial charge in [-0.1, -0.05) is 25.2 Å². The fraction of sp³-hybridized carbons (Fsp3) is 0.438. The fourth-order valence-corrected chi connectivity index (χ4v) is 5.79. The van der Waals surface area contributed by atoms with Gasteiger partial charge in [0.25, 0.3) is 11.8 Å². The van der Waals surface area contributed by atoms with Gasteiger partial charge in [0, 0.05) is 69.9 Å². The Morgan fingerprint density at radius 3 is 2.65 bits per heavy atom. The van der Waals surface area contributed by atoms with Crippen LogP contribution in [-0.2, 0) is 26.2 Å². The normalized spacial score (nSPS) is 34.0. The molecular formula is C32H38N4O6S. The first-order valence-corrected chi connectivity index (χ1v) is 14.5. The van der Waals surface area contributed by atoms with Gasteiger partial charge in [0.15, 0.2) is 0 Å². The third-order valence-electron chi connectivity index (χ3n) is 7.24. The molecular weight excluding hydrogens is 568 g/mol. The lowest BCUT2D eigenvalue weighted by Gasteiger charge is -2.24. The molecule has 3 heterocycles. The molecule has 1 aromatic heterocycles. The molecule has 2 aliphatic heterocycles. The Morgan fingerprint density at radius 1 is 1.07 bits per heavy atom. The van der Waals surface area contributed by atoms with Gasteiger partial charge in [0.05, 0.1) is 39.3 Å². The van der Waals surface area contributed by atoms with Crippen LogP contribution >= 0.6 is 0 Å².